The Balaban J connectivity index is 1.07. The SMILES string of the molecule is c1ccc(-c2ccccc2N(c2ccc(-c3ccc4c5c(cccc35)-c3ccccc3-4)cc2)c2ccc3c(c2)C(c2ccccc2)(c2ccccc2)c2ccccc2-3)cc1. The Morgan fingerprint density at radius 3 is 1.47 bits per heavy atom. The molecule has 0 aromatic heterocycles. The fourth-order valence-electron chi connectivity index (χ4n) is 10.4. The highest BCUT2D eigenvalue weighted by molar-refractivity contribution is 6.18. The average molecular weight is 762 g/mol. The van der Waals surface area contributed by atoms with Crippen molar-refractivity contribution in [3.8, 4) is 55.6 Å². The molecule has 0 radical (unpaired) electrons. The van der Waals surface area contributed by atoms with Gasteiger partial charge in [-0.25, -0.2) is 0 Å². The summed E-state index contributed by atoms with van der Waals surface area (Å²) in [6.07, 6.45) is 0. The minimum absolute atomic E-state index is 0.506. The van der Waals surface area contributed by atoms with Crippen molar-refractivity contribution in [3.05, 3.63) is 259 Å². The summed E-state index contributed by atoms with van der Waals surface area (Å²) in [6.45, 7) is 0. The molecule has 10 aromatic rings. The molecule has 0 saturated heterocycles. The van der Waals surface area contributed by atoms with Gasteiger partial charge in [0.1, 0.15) is 0 Å². The second kappa shape index (κ2) is 13.7. The topological polar surface area (TPSA) is 3.24 Å². The summed E-state index contributed by atoms with van der Waals surface area (Å²) in [7, 11) is 0. The molecule has 10 aromatic carbocycles. The standard InChI is InChI=1S/C59H39N/c1-4-17-40(18-5-1)47-23-13-15-30-57(47)60(44-33-31-41(32-34-44)46-37-38-54-49-25-11-10-24-48(49)53-28-16-27-52(46)58(53)54)45-35-36-51-50-26-12-14-29-55(50)59(56(51)39-45,42-19-6-2-7-20-42)43-21-8-3-9-22-43/h1-39H. The van der Waals surface area contributed by atoms with Crippen LogP contribution in [0.3, 0.4) is 0 Å². The Kier molecular flexibility index (Phi) is 7.83. The predicted octanol–water partition coefficient (Wildman–Crippen LogP) is 15.7. The highest BCUT2D eigenvalue weighted by Crippen LogP contribution is 2.57. The Bertz CT molecular complexity index is 3170. The number of anilines is 3. The van der Waals surface area contributed by atoms with Crippen molar-refractivity contribution in [1.29, 1.82) is 0 Å². The van der Waals surface area contributed by atoms with E-state index in [1.54, 1.807) is 0 Å². The third-order valence-electron chi connectivity index (χ3n) is 12.9. The lowest BCUT2D eigenvalue weighted by Gasteiger charge is -2.35. The molecule has 0 atom stereocenters. The van der Waals surface area contributed by atoms with Crippen molar-refractivity contribution >= 4 is 27.8 Å². The molecule has 1 heteroatoms. The lowest BCUT2D eigenvalue weighted by molar-refractivity contribution is 0.768. The minimum atomic E-state index is -0.506. The van der Waals surface area contributed by atoms with Gasteiger partial charge in [-0.15, -0.1) is 0 Å². The van der Waals surface area contributed by atoms with Gasteiger partial charge in [-0.2, -0.15) is 0 Å². The summed E-state index contributed by atoms with van der Waals surface area (Å²) in [5, 5.41) is 2.63. The molecule has 1 nitrogen and oxygen atoms in total. The van der Waals surface area contributed by atoms with Crippen molar-refractivity contribution < 1.29 is 0 Å². The molecular weight excluding hydrogens is 723 g/mol. The van der Waals surface area contributed by atoms with E-state index in [0.29, 0.717) is 0 Å². The number of fused-ring (bicyclic) bond motifs is 6. The average Bonchev–Trinajstić information content (AvgIpc) is 3.82. The summed E-state index contributed by atoms with van der Waals surface area (Å²) >= 11 is 0. The number of benzene rings is 10. The lowest BCUT2D eigenvalue weighted by atomic mass is 9.67. The first-order valence-corrected chi connectivity index (χ1v) is 20.8. The first kappa shape index (κ1) is 34.3. The van der Waals surface area contributed by atoms with Gasteiger partial charge < -0.3 is 4.90 Å². The molecule has 0 aliphatic heterocycles. The van der Waals surface area contributed by atoms with Gasteiger partial charge in [0.15, 0.2) is 0 Å². The van der Waals surface area contributed by atoms with Gasteiger partial charge in [0.05, 0.1) is 11.1 Å². The van der Waals surface area contributed by atoms with Crippen LogP contribution >= 0.6 is 0 Å². The molecular formula is C59H39N. The Morgan fingerprint density at radius 1 is 0.283 bits per heavy atom. The van der Waals surface area contributed by atoms with Gasteiger partial charge >= 0.3 is 0 Å². The number of rotatable bonds is 7. The van der Waals surface area contributed by atoms with E-state index in [1.807, 2.05) is 0 Å². The second-order valence-corrected chi connectivity index (χ2v) is 16.0. The largest absolute Gasteiger partial charge is 0.310 e. The van der Waals surface area contributed by atoms with Gasteiger partial charge in [0.25, 0.3) is 0 Å². The van der Waals surface area contributed by atoms with E-state index in [2.05, 4.69) is 241 Å². The van der Waals surface area contributed by atoms with Gasteiger partial charge in [0.2, 0.25) is 0 Å². The van der Waals surface area contributed by atoms with E-state index in [9.17, 15) is 0 Å². The smallest absolute Gasteiger partial charge is 0.0714 e. The Hall–Kier alpha value is -7.74. The minimum Gasteiger partial charge on any atom is -0.310 e. The summed E-state index contributed by atoms with van der Waals surface area (Å²) < 4.78 is 0. The van der Waals surface area contributed by atoms with Crippen LogP contribution in [0.2, 0.25) is 0 Å². The van der Waals surface area contributed by atoms with Crippen LogP contribution in [0.4, 0.5) is 17.1 Å². The maximum Gasteiger partial charge on any atom is 0.0714 e. The van der Waals surface area contributed by atoms with Crippen LogP contribution in [-0.4, -0.2) is 0 Å². The molecule has 0 amide bonds. The molecule has 2 aliphatic carbocycles. The Morgan fingerprint density at radius 2 is 0.767 bits per heavy atom. The third-order valence-corrected chi connectivity index (χ3v) is 12.9. The molecule has 12 rings (SSSR count). The van der Waals surface area contributed by atoms with Crippen molar-refractivity contribution in [2.45, 2.75) is 5.41 Å². The van der Waals surface area contributed by atoms with Crippen LogP contribution in [-0.2, 0) is 5.41 Å². The molecule has 0 N–H and O–H groups in total. The molecule has 0 heterocycles. The zero-order valence-electron chi connectivity index (χ0n) is 33.0. The van der Waals surface area contributed by atoms with E-state index in [1.165, 1.54) is 88.7 Å². The first-order chi connectivity index (χ1) is 29.8. The van der Waals surface area contributed by atoms with Crippen LogP contribution < -0.4 is 4.90 Å². The summed E-state index contributed by atoms with van der Waals surface area (Å²) in [5.41, 5.74) is 20.6. The summed E-state index contributed by atoms with van der Waals surface area (Å²) in [5.74, 6) is 0. The van der Waals surface area contributed by atoms with Crippen molar-refractivity contribution in [2.75, 3.05) is 4.90 Å². The van der Waals surface area contributed by atoms with E-state index in [0.717, 1.165) is 17.1 Å². The van der Waals surface area contributed by atoms with Gasteiger partial charge in [-0.3, -0.25) is 0 Å². The molecule has 0 spiro atoms. The highest BCUT2D eigenvalue weighted by Gasteiger charge is 2.46. The fourth-order valence-corrected chi connectivity index (χ4v) is 10.4. The molecule has 2 aliphatic rings. The van der Waals surface area contributed by atoms with Crippen molar-refractivity contribution in [2.24, 2.45) is 0 Å². The monoisotopic (exact) mass is 761 g/mol. The number of para-hydroxylation sites is 1. The fraction of sp³-hybridized carbons (Fsp3) is 0.0169. The second-order valence-electron chi connectivity index (χ2n) is 16.0. The third kappa shape index (κ3) is 5.06. The Labute approximate surface area is 351 Å². The normalized spacial score (nSPS) is 12.8. The molecule has 280 valence electrons. The molecule has 0 fully saturated rings. The quantitative estimate of drug-likeness (QED) is 0.156. The van der Waals surface area contributed by atoms with E-state index in [-0.39, 0.29) is 0 Å². The highest BCUT2D eigenvalue weighted by atomic mass is 15.1. The van der Waals surface area contributed by atoms with E-state index >= 15 is 0 Å². The first-order valence-electron chi connectivity index (χ1n) is 20.8. The van der Waals surface area contributed by atoms with Crippen LogP contribution in [0.5, 0.6) is 0 Å². The molecule has 60 heavy (non-hydrogen) atoms. The van der Waals surface area contributed by atoms with E-state index < -0.39 is 5.41 Å². The molecule has 0 unspecified atom stereocenters. The molecule has 0 saturated carbocycles. The number of hydrogen-bond donors (Lipinski definition) is 0. The number of nitrogens with zero attached hydrogens (tertiary/aromatic N) is 1. The molecule has 0 bridgehead atoms. The van der Waals surface area contributed by atoms with Gasteiger partial charge in [0, 0.05) is 16.9 Å². The van der Waals surface area contributed by atoms with Crippen LogP contribution in [0.15, 0.2) is 237 Å². The zero-order chi connectivity index (χ0) is 39.6. The van der Waals surface area contributed by atoms with E-state index in [4.69, 9.17) is 0 Å². The summed E-state index contributed by atoms with van der Waals surface area (Å²) in [4.78, 5) is 2.46. The van der Waals surface area contributed by atoms with Crippen LogP contribution in [0.1, 0.15) is 22.3 Å². The van der Waals surface area contributed by atoms with Crippen molar-refractivity contribution in [3.63, 3.8) is 0 Å². The van der Waals surface area contributed by atoms with Crippen molar-refractivity contribution in [1.82, 2.24) is 0 Å². The van der Waals surface area contributed by atoms with Crippen LogP contribution in [0, 0.1) is 0 Å². The van der Waals surface area contributed by atoms with Gasteiger partial charge in [-0.05, 0) is 113 Å². The van der Waals surface area contributed by atoms with Crippen LogP contribution in [0.25, 0.3) is 66.4 Å². The predicted molar refractivity (Wildman–Crippen MR) is 251 cm³/mol. The van der Waals surface area contributed by atoms with Gasteiger partial charge in [-0.1, -0.05) is 206 Å². The zero-order valence-corrected chi connectivity index (χ0v) is 33.0. The maximum atomic E-state index is 2.46. The number of hydrogen-bond acceptors (Lipinski definition) is 1. The summed E-state index contributed by atoms with van der Waals surface area (Å²) in [6, 6.07) is 87.3. The lowest BCUT2D eigenvalue weighted by Crippen LogP contribution is -2.28. The maximum absolute atomic E-state index is 2.46.